The number of amides is 2. The van der Waals surface area contributed by atoms with Gasteiger partial charge in [-0.1, -0.05) is 11.6 Å². The van der Waals surface area contributed by atoms with Crippen LogP contribution in [0.4, 0.5) is 5.69 Å². The third-order valence-electron chi connectivity index (χ3n) is 3.88. The van der Waals surface area contributed by atoms with Gasteiger partial charge in [-0.15, -0.1) is 0 Å². The van der Waals surface area contributed by atoms with Gasteiger partial charge < -0.3 is 16.0 Å². The lowest BCUT2D eigenvalue weighted by Crippen LogP contribution is -2.26. The van der Waals surface area contributed by atoms with Gasteiger partial charge in [0.15, 0.2) is 0 Å². The molecule has 0 aromatic heterocycles. The molecule has 2 aliphatic heterocycles. The summed E-state index contributed by atoms with van der Waals surface area (Å²) in [6, 6.07) is 5.35. The lowest BCUT2D eigenvalue weighted by atomic mass is 10.1. The first-order chi connectivity index (χ1) is 10.2. The van der Waals surface area contributed by atoms with Crippen molar-refractivity contribution in [2.45, 2.75) is 19.3 Å². The minimum absolute atomic E-state index is 0.0135. The first-order valence-electron chi connectivity index (χ1n) is 7.32. The Bertz CT molecular complexity index is 608. The maximum absolute atomic E-state index is 12.1. The molecule has 1 aromatic carbocycles. The highest BCUT2D eigenvalue weighted by atomic mass is 16.2. The van der Waals surface area contributed by atoms with Crippen molar-refractivity contribution in [3.05, 3.63) is 41.0 Å². The summed E-state index contributed by atoms with van der Waals surface area (Å²) in [6.45, 7) is 2.60. The van der Waals surface area contributed by atoms with E-state index in [1.807, 2.05) is 0 Å². The molecule has 2 heterocycles. The van der Waals surface area contributed by atoms with Gasteiger partial charge in [0.2, 0.25) is 5.91 Å². The summed E-state index contributed by atoms with van der Waals surface area (Å²) in [7, 11) is 0. The Morgan fingerprint density at radius 2 is 2.24 bits per heavy atom. The summed E-state index contributed by atoms with van der Waals surface area (Å²) >= 11 is 0. The van der Waals surface area contributed by atoms with Crippen LogP contribution in [0.2, 0.25) is 0 Å². The van der Waals surface area contributed by atoms with Gasteiger partial charge in [-0.25, -0.2) is 0 Å². The highest BCUT2D eigenvalue weighted by molar-refractivity contribution is 6.01. The van der Waals surface area contributed by atoms with Crippen molar-refractivity contribution in [1.82, 2.24) is 10.6 Å². The summed E-state index contributed by atoms with van der Waals surface area (Å²) in [5.74, 6) is -0.0907. The molecule has 5 heteroatoms. The second kappa shape index (κ2) is 6.10. The molecule has 5 nitrogen and oxygen atoms in total. The highest BCUT2D eigenvalue weighted by Gasteiger charge is 2.19. The summed E-state index contributed by atoms with van der Waals surface area (Å²) in [6.07, 6.45) is 4.51. The van der Waals surface area contributed by atoms with E-state index in [4.69, 9.17) is 0 Å². The molecule has 1 aromatic rings. The predicted octanol–water partition coefficient (Wildman–Crippen LogP) is 1.22. The number of rotatable bonds is 4. The molecule has 110 valence electrons. The summed E-state index contributed by atoms with van der Waals surface area (Å²) in [4.78, 5) is 23.4. The Balaban J connectivity index is 1.55. The van der Waals surface area contributed by atoms with Gasteiger partial charge in [0, 0.05) is 24.3 Å². The third kappa shape index (κ3) is 3.31. The van der Waals surface area contributed by atoms with E-state index in [0.29, 0.717) is 18.5 Å². The van der Waals surface area contributed by atoms with Crippen LogP contribution in [0.25, 0.3) is 0 Å². The Morgan fingerprint density at radius 3 is 3.05 bits per heavy atom. The highest BCUT2D eigenvalue weighted by Crippen LogP contribution is 2.23. The quantitative estimate of drug-likeness (QED) is 0.729. The second-order valence-corrected chi connectivity index (χ2v) is 5.42. The smallest absolute Gasteiger partial charge is 0.251 e. The van der Waals surface area contributed by atoms with Gasteiger partial charge in [0.1, 0.15) is 0 Å². The van der Waals surface area contributed by atoms with E-state index in [1.165, 1.54) is 5.57 Å². The minimum Gasteiger partial charge on any atom is -0.352 e. The normalized spacial score (nSPS) is 17.0. The van der Waals surface area contributed by atoms with E-state index in [9.17, 15) is 9.59 Å². The number of nitrogens with one attached hydrogen (secondary N) is 3. The maximum Gasteiger partial charge on any atom is 0.251 e. The first-order valence-corrected chi connectivity index (χ1v) is 7.32. The average molecular weight is 285 g/mol. The van der Waals surface area contributed by atoms with Gasteiger partial charge in [-0.2, -0.15) is 0 Å². The van der Waals surface area contributed by atoms with Crippen LogP contribution in [-0.4, -0.2) is 31.4 Å². The number of anilines is 1. The number of fused-ring (bicyclic) bond motifs is 1. The fraction of sp³-hybridized carbons (Fsp3) is 0.375. The average Bonchev–Trinajstić information content (AvgIpc) is 2.87. The molecule has 21 heavy (non-hydrogen) atoms. The Kier molecular flexibility index (Phi) is 4.01. The van der Waals surface area contributed by atoms with Gasteiger partial charge in [0.25, 0.3) is 5.91 Å². The zero-order chi connectivity index (χ0) is 14.7. The monoisotopic (exact) mass is 285 g/mol. The maximum atomic E-state index is 12.1. The number of carbonyl (C=O) groups excluding carboxylic acids is 2. The van der Waals surface area contributed by atoms with E-state index in [2.05, 4.69) is 22.0 Å². The molecule has 2 amide bonds. The molecule has 0 saturated heterocycles. The number of hydrogen-bond acceptors (Lipinski definition) is 3. The van der Waals surface area contributed by atoms with Gasteiger partial charge in [0.05, 0.1) is 6.42 Å². The van der Waals surface area contributed by atoms with Crippen molar-refractivity contribution in [2.75, 3.05) is 25.0 Å². The Labute approximate surface area is 123 Å². The van der Waals surface area contributed by atoms with E-state index in [-0.39, 0.29) is 11.8 Å². The summed E-state index contributed by atoms with van der Waals surface area (Å²) in [5, 5.41) is 8.98. The van der Waals surface area contributed by atoms with Gasteiger partial charge in [-0.3, -0.25) is 9.59 Å². The third-order valence-corrected chi connectivity index (χ3v) is 3.88. The van der Waals surface area contributed by atoms with Crippen molar-refractivity contribution in [1.29, 1.82) is 0 Å². The molecule has 0 unspecified atom stereocenters. The Morgan fingerprint density at radius 1 is 1.33 bits per heavy atom. The lowest BCUT2D eigenvalue weighted by Gasteiger charge is -2.14. The standard InChI is InChI=1S/C16H19N3O2/c20-15-10-13-9-12(1-2-14(13)19-15)16(21)18-8-5-11-3-6-17-7-4-11/h1-3,9,17H,4-8,10H2,(H,18,21)(H,19,20). The zero-order valence-electron chi connectivity index (χ0n) is 11.9. The molecule has 0 aliphatic carbocycles. The number of hydrogen-bond donors (Lipinski definition) is 3. The Hall–Kier alpha value is -2.14. The van der Waals surface area contributed by atoms with Crippen LogP contribution in [0.15, 0.2) is 29.8 Å². The zero-order valence-corrected chi connectivity index (χ0v) is 11.9. The van der Waals surface area contributed by atoms with Crippen molar-refractivity contribution < 1.29 is 9.59 Å². The molecule has 0 radical (unpaired) electrons. The molecule has 0 atom stereocenters. The topological polar surface area (TPSA) is 70.2 Å². The van der Waals surface area contributed by atoms with E-state index < -0.39 is 0 Å². The molecule has 3 N–H and O–H groups in total. The lowest BCUT2D eigenvalue weighted by molar-refractivity contribution is -0.115. The molecule has 0 bridgehead atoms. The fourth-order valence-corrected chi connectivity index (χ4v) is 2.71. The van der Waals surface area contributed by atoms with Crippen LogP contribution < -0.4 is 16.0 Å². The van der Waals surface area contributed by atoms with Gasteiger partial charge in [-0.05, 0) is 43.1 Å². The fourth-order valence-electron chi connectivity index (χ4n) is 2.71. The molecule has 0 fully saturated rings. The molecular formula is C16H19N3O2. The van der Waals surface area contributed by atoms with Crippen molar-refractivity contribution >= 4 is 17.5 Å². The van der Waals surface area contributed by atoms with Crippen LogP contribution in [0.5, 0.6) is 0 Å². The van der Waals surface area contributed by atoms with Gasteiger partial charge >= 0.3 is 0 Å². The van der Waals surface area contributed by atoms with Crippen molar-refractivity contribution in [3.8, 4) is 0 Å². The molecular weight excluding hydrogens is 266 g/mol. The van der Waals surface area contributed by atoms with Crippen LogP contribution in [-0.2, 0) is 11.2 Å². The SMILES string of the molecule is O=C1Cc2cc(C(=O)NCCC3=CCNCC3)ccc2N1. The van der Waals surface area contributed by atoms with Crippen LogP contribution >= 0.6 is 0 Å². The van der Waals surface area contributed by atoms with E-state index in [0.717, 1.165) is 37.2 Å². The first kappa shape index (κ1) is 13.8. The van der Waals surface area contributed by atoms with Crippen molar-refractivity contribution in [2.24, 2.45) is 0 Å². The second-order valence-electron chi connectivity index (χ2n) is 5.42. The number of carbonyl (C=O) groups is 2. The summed E-state index contributed by atoms with van der Waals surface area (Å²) < 4.78 is 0. The molecule has 2 aliphatic rings. The predicted molar refractivity (Wildman–Crippen MR) is 81.3 cm³/mol. The minimum atomic E-state index is -0.0771. The van der Waals surface area contributed by atoms with Crippen LogP contribution in [0, 0.1) is 0 Å². The largest absolute Gasteiger partial charge is 0.352 e. The van der Waals surface area contributed by atoms with E-state index in [1.54, 1.807) is 18.2 Å². The molecule has 0 spiro atoms. The molecule has 3 rings (SSSR count). The number of benzene rings is 1. The van der Waals surface area contributed by atoms with Crippen molar-refractivity contribution in [3.63, 3.8) is 0 Å². The molecule has 0 saturated carbocycles. The van der Waals surface area contributed by atoms with E-state index >= 15 is 0 Å². The summed E-state index contributed by atoms with van der Waals surface area (Å²) in [5.41, 5.74) is 3.73. The van der Waals surface area contributed by atoms with Crippen LogP contribution in [0.1, 0.15) is 28.8 Å². The van der Waals surface area contributed by atoms with Crippen LogP contribution in [0.3, 0.4) is 0 Å².